The van der Waals surface area contributed by atoms with Gasteiger partial charge in [-0.05, 0) is 60.5 Å². The molecule has 0 amide bonds. The van der Waals surface area contributed by atoms with Gasteiger partial charge >= 0.3 is 0 Å². The first-order valence-corrected chi connectivity index (χ1v) is 10.8. The SMILES string of the molecule is Cc1c(/C=C(\C#N)c2ccc3c(c2)OCO3)c2ccccc2n1Cc1ccc(Cl)c(Cl)c1. The number of aromatic nitrogens is 1. The third-order valence-electron chi connectivity index (χ3n) is 5.70. The highest BCUT2D eigenvalue weighted by atomic mass is 35.5. The van der Waals surface area contributed by atoms with Gasteiger partial charge < -0.3 is 14.0 Å². The lowest BCUT2D eigenvalue weighted by Gasteiger charge is -2.10. The van der Waals surface area contributed by atoms with Crippen LogP contribution in [0.5, 0.6) is 11.5 Å². The van der Waals surface area contributed by atoms with Crippen molar-refractivity contribution in [1.29, 1.82) is 5.26 Å². The maximum absolute atomic E-state index is 9.93. The summed E-state index contributed by atoms with van der Waals surface area (Å²) < 4.78 is 13.1. The Labute approximate surface area is 195 Å². The van der Waals surface area contributed by atoms with Crippen LogP contribution in [0, 0.1) is 18.3 Å². The molecule has 0 bridgehead atoms. The average Bonchev–Trinajstić information content (AvgIpc) is 3.37. The second-order valence-corrected chi connectivity index (χ2v) is 8.40. The number of halogens is 2. The Hall–Kier alpha value is -3.39. The third kappa shape index (κ3) is 3.60. The standard InChI is InChI=1S/C26H18Cl2N2O2/c1-16-21(11-19(13-29)18-7-9-25-26(12-18)32-15-31-25)20-4-2-3-5-24(20)30(16)14-17-6-8-22(27)23(28)10-17/h2-12H,14-15H2,1H3/b19-11+. The molecular weight excluding hydrogens is 443 g/mol. The number of benzene rings is 3. The molecule has 6 heteroatoms. The Morgan fingerprint density at radius 2 is 1.84 bits per heavy atom. The molecule has 0 saturated heterocycles. The Kier molecular flexibility index (Phi) is 5.30. The smallest absolute Gasteiger partial charge is 0.231 e. The van der Waals surface area contributed by atoms with E-state index in [1.807, 2.05) is 54.6 Å². The highest BCUT2D eigenvalue weighted by Gasteiger charge is 2.17. The van der Waals surface area contributed by atoms with E-state index in [0.717, 1.165) is 33.3 Å². The van der Waals surface area contributed by atoms with Crippen molar-refractivity contribution >= 4 is 45.8 Å². The van der Waals surface area contributed by atoms with Gasteiger partial charge in [-0.15, -0.1) is 0 Å². The zero-order valence-corrected chi connectivity index (χ0v) is 18.7. The average molecular weight is 461 g/mol. The lowest BCUT2D eigenvalue weighted by Crippen LogP contribution is -2.02. The van der Waals surface area contributed by atoms with Crippen LogP contribution in [-0.2, 0) is 6.54 Å². The quantitative estimate of drug-likeness (QED) is 0.305. The van der Waals surface area contributed by atoms with Crippen molar-refractivity contribution in [3.05, 3.63) is 93.1 Å². The molecule has 158 valence electrons. The molecule has 0 saturated carbocycles. The first kappa shape index (κ1) is 20.5. The van der Waals surface area contributed by atoms with E-state index in [4.69, 9.17) is 32.7 Å². The highest BCUT2D eigenvalue weighted by molar-refractivity contribution is 6.42. The van der Waals surface area contributed by atoms with Gasteiger partial charge in [-0.3, -0.25) is 0 Å². The number of nitriles is 1. The number of nitrogens with zero attached hydrogens (tertiary/aromatic N) is 2. The lowest BCUT2D eigenvalue weighted by atomic mass is 10.0. The number of hydrogen-bond donors (Lipinski definition) is 0. The maximum Gasteiger partial charge on any atom is 0.231 e. The Bertz CT molecular complexity index is 1430. The predicted octanol–water partition coefficient (Wildman–Crippen LogP) is 7.10. The van der Waals surface area contributed by atoms with Crippen LogP contribution in [0.1, 0.15) is 22.4 Å². The summed E-state index contributed by atoms with van der Waals surface area (Å²) in [5.41, 5.74) is 5.56. The fourth-order valence-corrected chi connectivity index (χ4v) is 4.37. The van der Waals surface area contributed by atoms with Crippen molar-refractivity contribution in [1.82, 2.24) is 4.57 Å². The normalized spacial score (nSPS) is 12.9. The first-order valence-electron chi connectivity index (χ1n) is 10.1. The molecule has 3 aromatic carbocycles. The molecule has 0 N–H and O–H groups in total. The van der Waals surface area contributed by atoms with E-state index in [9.17, 15) is 5.26 Å². The van der Waals surface area contributed by atoms with E-state index < -0.39 is 0 Å². The number of rotatable bonds is 4. The largest absolute Gasteiger partial charge is 0.454 e. The Morgan fingerprint density at radius 1 is 1.03 bits per heavy atom. The zero-order valence-electron chi connectivity index (χ0n) is 17.2. The summed E-state index contributed by atoms with van der Waals surface area (Å²) in [6, 6.07) is 21.8. The Balaban J connectivity index is 1.62. The second kappa shape index (κ2) is 8.27. The van der Waals surface area contributed by atoms with Gasteiger partial charge in [0.15, 0.2) is 11.5 Å². The van der Waals surface area contributed by atoms with Crippen LogP contribution in [0.25, 0.3) is 22.6 Å². The molecule has 4 aromatic rings. The molecule has 4 nitrogen and oxygen atoms in total. The van der Waals surface area contributed by atoms with Crippen LogP contribution in [-0.4, -0.2) is 11.4 Å². The molecule has 0 aliphatic carbocycles. The zero-order chi connectivity index (χ0) is 22.2. The molecule has 1 aliphatic heterocycles. The summed E-state index contributed by atoms with van der Waals surface area (Å²) in [6.07, 6.45) is 1.94. The van der Waals surface area contributed by atoms with Crippen LogP contribution < -0.4 is 9.47 Å². The molecule has 32 heavy (non-hydrogen) atoms. The molecule has 0 unspecified atom stereocenters. The summed E-state index contributed by atoms with van der Waals surface area (Å²) in [7, 11) is 0. The molecule has 0 fully saturated rings. The van der Waals surface area contributed by atoms with Gasteiger partial charge in [0.25, 0.3) is 0 Å². The van der Waals surface area contributed by atoms with Gasteiger partial charge in [-0.1, -0.05) is 47.5 Å². The van der Waals surface area contributed by atoms with Crippen LogP contribution >= 0.6 is 23.2 Å². The van der Waals surface area contributed by atoms with E-state index in [1.165, 1.54) is 0 Å². The van der Waals surface area contributed by atoms with Crippen LogP contribution in [0.4, 0.5) is 0 Å². The van der Waals surface area contributed by atoms with Gasteiger partial charge in [0.2, 0.25) is 6.79 Å². The van der Waals surface area contributed by atoms with Gasteiger partial charge in [-0.25, -0.2) is 0 Å². The number of allylic oxidation sites excluding steroid dienone is 1. The van der Waals surface area contributed by atoms with Crippen LogP contribution in [0.15, 0.2) is 60.7 Å². The van der Waals surface area contributed by atoms with Crippen LogP contribution in [0.2, 0.25) is 10.0 Å². The van der Waals surface area contributed by atoms with Crippen molar-refractivity contribution in [3.8, 4) is 17.6 Å². The molecule has 2 heterocycles. The molecule has 0 radical (unpaired) electrons. The van der Waals surface area contributed by atoms with Gasteiger partial charge in [0.05, 0.1) is 21.7 Å². The van der Waals surface area contributed by atoms with Crippen molar-refractivity contribution in [2.24, 2.45) is 0 Å². The van der Waals surface area contributed by atoms with Crippen molar-refractivity contribution in [2.75, 3.05) is 6.79 Å². The number of hydrogen-bond acceptors (Lipinski definition) is 3. The summed E-state index contributed by atoms with van der Waals surface area (Å²) in [5, 5.41) is 12.1. The number of para-hydroxylation sites is 1. The topological polar surface area (TPSA) is 47.2 Å². The minimum absolute atomic E-state index is 0.200. The minimum atomic E-state index is 0.200. The fraction of sp³-hybridized carbons (Fsp3) is 0.115. The predicted molar refractivity (Wildman–Crippen MR) is 128 cm³/mol. The monoisotopic (exact) mass is 460 g/mol. The van der Waals surface area contributed by atoms with Crippen molar-refractivity contribution in [2.45, 2.75) is 13.5 Å². The van der Waals surface area contributed by atoms with E-state index in [0.29, 0.717) is 33.7 Å². The van der Waals surface area contributed by atoms with E-state index in [-0.39, 0.29) is 6.79 Å². The third-order valence-corrected chi connectivity index (χ3v) is 6.44. The second-order valence-electron chi connectivity index (χ2n) is 7.59. The summed E-state index contributed by atoms with van der Waals surface area (Å²) in [5.74, 6) is 1.35. The van der Waals surface area contributed by atoms with E-state index in [1.54, 1.807) is 0 Å². The summed E-state index contributed by atoms with van der Waals surface area (Å²) in [6.45, 7) is 2.91. The highest BCUT2D eigenvalue weighted by Crippen LogP contribution is 2.36. The Morgan fingerprint density at radius 3 is 2.66 bits per heavy atom. The fourth-order valence-electron chi connectivity index (χ4n) is 4.05. The molecule has 0 spiro atoms. The minimum Gasteiger partial charge on any atom is -0.454 e. The molecule has 1 aliphatic rings. The molecule has 1 aromatic heterocycles. The van der Waals surface area contributed by atoms with Gasteiger partial charge in [-0.2, -0.15) is 5.26 Å². The van der Waals surface area contributed by atoms with Gasteiger partial charge in [0, 0.05) is 28.7 Å². The lowest BCUT2D eigenvalue weighted by molar-refractivity contribution is 0.174. The molecule has 5 rings (SSSR count). The van der Waals surface area contributed by atoms with Crippen molar-refractivity contribution < 1.29 is 9.47 Å². The van der Waals surface area contributed by atoms with Crippen molar-refractivity contribution in [3.63, 3.8) is 0 Å². The number of fused-ring (bicyclic) bond motifs is 2. The van der Waals surface area contributed by atoms with Crippen LogP contribution in [0.3, 0.4) is 0 Å². The van der Waals surface area contributed by atoms with Gasteiger partial charge in [0.1, 0.15) is 0 Å². The summed E-state index contributed by atoms with van der Waals surface area (Å²) >= 11 is 12.3. The first-order chi connectivity index (χ1) is 15.5. The van der Waals surface area contributed by atoms with E-state index in [2.05, 4.69) is 29.7 Å². The maximum atomic E-state index is 9.93. The summed E-state index contributed by atoms with van der Waals surface area (Å²) in [4.78, 5) is 0. The molecular formula is C26H18Cl2N2O2. The van der Waals surface area contributed by atoms with E-state index >= 15 is 0 Å². The molecule has 0 atom stereocenters. The number of ether oxygens (including phenoxy) is 2.